The summed E-state index contributed by atoms with van der Waals surface area (Å²) >= 11 is 0. The molecule has 0 heterocycles. The summed E-state index contributed by atoms with van der Waals surface area (Å²) in [4.78, 5) is 29.3. The molecule has 0 bridgehead atoms. The van der Waals surface area contributed by atoms with Crippen molar-refractivity contribution in [2.24, 2.45) is 5.73 Å². The Hall–Kier alpha value is -1.20. The van der Waals surface area contributed by atoms with Crippen molar-refractivity contribution in [2.75, 3.05) is 6.16 Å². The number of carboxylic acid groups (broad SMARTS) is 1. The van der Waals surface area contributed by atoms with E-state index in [0.717, 1.165) is 24.0 Å². The lowest BCUT2D eigenvalue weighted by molar-refractivity contribution is -0.138. The van der Waals surface area contributed by atoms with E-state index in [9.17, 15) is 9.36 Å². The third-order valence-corrected chi connectivity index (χ3v) is 5.54. The van der Waals surface area contributed by atoms with Crippen LogP contribution in [0.3, 0.4) is 0 Å². The zero-order chi connectivity index (χ0) is 17.7. The number of hydrogen-bond acceptors (Lipinski definition) is 3. The van der Waals surface area contributed by atoms with Crippen molar-refractivity contribution in [2.45, 2.75) is 56.9 Å². The van der Waals surface area contributed by atoms with Crippen LogP contribution in [0.4, 0.5) is 0 Å². The van der Waals surface area contributed by atoms with Crippen molar-refractivity contribution in [1.29, 1.82) is 0 Å². The number of benzene rings is 1. The Morgan fingerprint density at radius 1 is 1.21 bits per heavy atom. The van der Waals surface area contributed by atoms with Crippen LogP contribution in [-0.4, -0.2) is 33.1 Å². The first-order chi connectivity index (χ1) is 11.3. The van der Waals surface area contributed by atoms with Gasteiger partial charge in [-0.15, -0.1) is 0 Å². The summed E-state index contributed by atoms with van der Waals surface area (Å²) in [7, 11) is -4.09. The normalized spacial score (nSPS) is 17.6. The highest BCUT2D eigenvalue weighted by atomic mass is 31.2. The van der Waals surface area contributed by atoms with Gasteiger partial charge in [-0.3, -0.25) is 9.36 Å². The van der Waals surface area contributed by atoms with E-state index in [1.807, 2.05) is 18.2 Å². The maximum Gasteiger partial charge on any atom is 0.325 e. The van der Waals surface area contributed by atoms with E-state index in [1.54, 1.807) is 0 Å². The quantitative estimate of drug-likeness (QED) is 0.557. The van der Waals surface area contributed by atoms with E-state index in [0.29, 0.717) is 5.92 Å². The van der Waals surface area contributed by atoms with Crippen LogP contribution in [0.1, 0.15) is 54.7 Å². The number of aryl methyl sites for hydroxylation is 1. The lowest BCUT2D eigenvalue weighted by Crippen LogP contribution is -2.32. The Labute approximate surface area is 142 Å². The molecule has 1 fully saturated rings. The average Bonchev–Trinajstić information content (AvgIpc) is 2.53. The number of carbonyl (C=O) groups is 1. The number of nitrogens with two attached hydrogens (primary N) is 1. The SMILES string of the molecule is N[C@@H](Cc1cc(C2CCCCC2)ccc1CCP(=O)(O)O)C(=O)O. The smallest absolute Gasteiger partial charge is 0.325 e. The van der Waals surface area contributed by atoms with Gasteiger partial charge in [-0.1, -0.05) is 37.5 Å². The van der Waals surface area contributed by atoms with Gasteiger partial charge in [0.15, 0.2) is 0 Å². The van der Waals surface area contributed by atoms with Crippen LogP contribution in [0.15, 0.2) is 18.2 Å². The molecule has 0 radical (unpaired) electrons. The van der Waals surface area contributed by atoms with Gasteiger partial charge >= 0.3 is 13.6 Å². The lowest BCUT2D eigenvalue weighted by Gasteiger charge is -2.23. The van der Waals surface area contributed by atoms with Gasteiger partial charge in [0.1, 0.15) is 6.04 Å². The fourth-order valence-corrected chi connectivity index (χ4v) is 3.89. The topological polar surface area (TPSA) is 121 Å². The van der Waals surface area contributed by atoms with Gasteiger partial charge in [0.2, 0.25) is 0 Å². The molecule has 1 aliphatic rings. The predicted molar refractivity (Wildman–Crippen MR) is 92.2 cm³/mol. The molecular weight excluding hydrogens is 329 g/mol. The van der Waals surface area contributed by atoms with E-state index in [4.69, 9.17) is 20.6 Å². The summed E-state index contributed by atoms with van der Waals surface area (Å²) in [6.07, 6.45) is 6.07. The zero-order valence-electron chi connectivity index (χ0n) is 13.7. The second-order valence-corrected chi connectivity index (χ2v) is 8.43. The lowest BCUT2D eigenvalue weighted by atomic mass is 9.82. The molecule has 2 rings (SSSR count). The van der Waals surface area contributed by atoms with Crippen LogP contribution in [0.5, 0.6) is 0 Å². The Bertz CT molecular complexity index is 621. The Morgan fingerprint density at radius 2 is 1.88 bits per heavy atom. The van der Waals surface area contributed by atoms with E-state index < -0.39 is 19.6 Å². The summed E-state index contributed by atoms with van der Waals surface area (Å²) in [5, 5.41) is 9.06. The third-order valence-electron chi connectivity index (χ3n) is 4.74. The molecule has 7 heteroatoms. The molecule has 24 heavy (non-hydrogen) atoms. The van der Waals surface area contributed by atoms with Gasteiger partial charge in [-0.25, -0.2) is 0 Å². The summed E-state index contributed by atoms with van der Waals surface area (Å²) in [5.41, 5.74) is 8.42. The summed E-state index contributed by atoms with van der Waals surface area (Å²) in [6, 6.07) is 4.87. The number of hydrogen-bond donors (Lipinski definition) is 4. The van der Waals surface area contributed by atoms with Crippen molar-refractivity contribution in [3.05, 3.63) is 34.9 Å². The predicted octanol–water partition coefficient (Wildman–Crippen LogP) is 2.41. The van der Waals surface area contributed by atoms with Crippen molar-refractivity contribution < 1.29 is 24.3 Å². The van der Waals surface area contributed by atoms with Gasteiger partial charge in [0.05, 0.1) is 6.16 Å². The minimum Gasteiger partial charge on any atom is -0.480 e. The van der Waals surface area contributed by atoms with E-state index >= 15 is 0 Å². The Kier molecular flexibility index (Phi) is 6.58. The molecule has 1 saturated carbocycles. The van der Waals surface area contributed by atoms with Crippen LogP contribution >= 0.6 is 7.60 Å². The van der Waals surface area contributed by atoms with E-state index in [1.165, 1.54) is 24.8 Å². The van der Waals surface area contributed by atoms with Crippen LogP contribution in [-0.2, 0) is 22.2 Å². The van der Waals surface area contributed by atoms with Gasteiger partial charge in [-0.05, 0) is 48.3 Å². The average molecular weight is 355 g/mol. The highest BCUT2D eigenvalue weighted by Crippen LogP contribution is 2.37. The maximum absolute atomic E-state index is 11.1. The molecule has 1 aromatic carbocycles. The minimum atomic E-state index is -4.09. The summed E-state index contributed by atoms with van der Waals surface area (Å²) < 4.78 is 11.1. The molecule has 0 saturated heterocycles. The van der Waals surface area contributed by atoms with E-state index in [-0.39, 0.29) is 19.0 Å². The molecule has 1 aromatic rings. The molecule has 6 nitrogen and oxygen atoms in total. The zero-order valence-corrected chi connectivity index (χ0v) is 14.6. The molecule has 1 atom stereocenters. The van der Waals surface area contributed by atoms with Gasteiger partial charge in [0, 0.05) is 0 Å². The largest absolute Gasteiger partial charge is 0.480 e. The van der Waals surface area contributed by atoms with Crippen molar-refractivity contribution in [3.8, 4) is 0 Å². The van der Waals surface area contributed by atoms with Crippen LogP contribution in [0.25, 0.3) is 0 Å². The molecule has 134 valence electrons. The number of rotatable bonds is 7. The second kappa shape index (κ2) is 8.26. The van der Waals surface area contributed by atoms with Crippen molar-refractivity contribution >= 4 is 13.6 Å². The first-order valence-corrected chi connectivity index (χ1v) is 10.2. The summed E-state index contributed by atoms with van der Waals surface area (Å²) in [6.45, 7) is 0. The second-order valence-electron chi connectivity index (χ2n) is 6.65. The minimum absolute atomic E-state index is 0.173. The van der Waals surface area contributed by atoms with Crippen LogP contribution in [0, 0.1) is 0 Å². The first-order valence-electron chi connectivity index (χ1n) is 8.41. The number of carboxylic acids is 1. The molecule has 0 aromatic heterocycles. The monoisotopic (exact) mass is 355 g/mol. The molecule has 0 aliphatic heterocycles. The van der Waals surface area contributed by atoms with E-state index in [2.05, 4.69) is 0 Å². The van der Waals surface area contributed by atoms with Gasteiger partial charge < -0.3 is 20.6 Å². The van der Waals surface area contributed by atoms with Crippen LogP contribution < -0.4 is 5.73 Å². The van der Waals surface area contributed by atoms with Gasteiger partial charge in [0.25, 0.3) is 0 Å². The molecule has 5 N–H and O–H groups in total. The van der Waals surface area contributed by atoms with Crippen molar-refractivity contribution in [3.63, 3.8) is 0 Å². The standard InChI is InChI=1S/C17H26NO5P/c18-16(17(19)20)11-15-10-14(12-4-2-1-3-5-12)7-6-13(15)8-9-24(21,22)23/h6-7,10,12,16H,1-5,8-9,11,18H2,(H,19,20)(H2,21,22,23)/t16-/m0/s1. The fourth-order valence-electron chi connectivity index (χ4n) is 3.36. The fraction of sp³-hybridized carbons (Fsp3) is 0.588. The molecule has 0 amide bonds. The van der Waals surface area contributed by atoms with Crippen LogP contribution in [0.2, 0.25) is 0 Å². The Balaban J connectivity index is 2.24. The molecular formula is C17H26NO5P. The highest BCUT2D eigenvalue weighted by Gasteiger charge is 2.21. The maximum atomic E-state index is 11.1. The number of aliphatic carboxylic acids is 1. The molecule has 0 unspecified atom stereocenters. The molecule has 0 spiro atoms. The van der Waals surface area contributed by atoms with Crippen molar-refractivity contribution in [1.82, 2.24) is 0 Å². The third kappa shape index (κ3) is 5.71. The first kappa shape index (κ1) is 19.1. The Morgan fingerprint density at radius 3 is 2.46 bits per heavy atom. The highest BCUT2D eigenvalue weighted by molar-refractivity contribution is 7.51. The molecule has 1 aliphatic carbocycles. The van der Waals surface area contributed by atoms with Gasteiger partial charge in [-0.2, -0.15) is 0 Å². The summed E-state index contributed by atoms with van der Waals surface area (Å²) in [5.74, 6) is -0.589.